The molecule has 0 saturated carbocycles. The van der Waals surface area contributed by atoms with Crippen LogP contribution in [0.1, 0.15) is 30.1 Å². The van der Waals surface area contributed by atoms with Crippen molar-refractivity contribution < 1.29 is 19.1 Å². The molecule has 1 aromatic heterocycles. The number of rotatable bonds is 4. The minimum atomic E-state index is -0.289. The average molecular weight is 398 g/mol. The van der Waals surface area contributed by atoms with E-state index in [2.05, 4.69) is 10.3 Å². The first kappa shape index (κ1) is 19.3. The second kappa shape index (κ2) is 8.14. The van der Waals surface area contributed by atoms with Crippen LogP contribution in [-0.2, 0) is 9.53 Å². The van der Waals surface area contributed by atoms with Gasteiger partial charge in [0.2, 0.25) is 5.91 Å². The van der Waals surface area contributed by atoms with Gasteiger partial charge in [-0.05, 0) is 25.8 Å². The van der Waals surface area contributed by atoms with E-state index in [9.17, 15) is 14.4 Å². The van der Waals surface area contributed by atoms with E-state index >= 15 is 0 Å². The molecule has 2 fully saturated rings. The van der Waals surface area contributed by atoms with Crippen molar-refractivity contribution in [2.45, 2.75) is 25.8 Å². The second-order valence-electron chi connectivity index (χ2n) is 7.62. The number of carbonyl (C=O) groups excluding carboxylic acids is 3. The quantitative estimate of drug-likeness (QED) is 0.823. The lowest BCUT2D eigenvalue weighted by Gasteiger charge is -2.39. The highest BCUT2D eigenvalue weighted by Crippen LogP contribution is 2.24. The van der Waals surface area contributed by atoms with Crippen LogP contribution in [0.25, 0.3) is 10.9 Å². The molecule has 8 heteroatoms. The summed E-state index contributed by atoms with van der Waals surface area (Å²) in [5.74, 6) is -0.232. The highest BCUT2D eigenvalue weighted by molar-refractivity contribution is 6.07. The molecule has 2 saturated heterocycles. The standard InChI is InChI=1S/C21H26N4O4/c1-2-29-21(28)24-9-7-15(8-10-24)23-19(26)14-12-25(13-14)20(27)17-11-22-18-6-4-3-5-16(17)18/h3-6,11,14-15,22H,2,7-10,12-13H2,1H3,(H,23,26). The Bertz CT molecular complexity index is 910. The number of aromatic nitrogens is 1. The number of benzene rings is 1. The van der Waals surface area contributed by atoms with Gasteiger partial charge in [0.05, 0.1) is 18.1 Å². The van der Waals surface area contributed by atoms with Crippen LogP contribution in [0.4, 0.5) is 4.79 Å². The summed E-state index contributed by atoms with van der Waals surface area (Å²) >= 11 is 0. The van der Waals surface area contributed by atoms with E-state index in [1.807, 2.05) is 24.3 Å². The predicted molar refractivity (Wildman–Crippen MR) is 107 cm³/mol. The smallest absolute Gasteiger partial charge is 0.409 e. The Morgan fingerprint density at radius 1 is 1.14 bits per heavy atom. The fourth-order valence-corrected chi connectivity index (χ4v) is 3.97. The Labute approximate surface area is 169 Å². The van der Waals surface area contributed by atoms with Crippen molar-refractivity contribution in [2.24, 2.45) is 5.92 Å². The molecule has 29 heavy (non-hydrogen) atoms. The molecule has 0 aliphatic carbocycles. The first-order chi connectivity index (χ1) is 14.1. The molecule has 0 spiro atoms. The summed E-state index contributed by atoms with van der Waals surface area (Å²) in [5.41, 5.74) is 1.57. The van der Waals surface area contributed by atoms with E-state index < -0.39 is 0 Å². The Balaban J connectivity index is 1.24. The van der Waals surface area contributed by atoms with Gasteiger partial charge < -0.3 is 24.8 Å². The van der Waals surface area contributed by atoms with Crippen molar-refractivity contribution in [3.8, 4) is 0 Å². The molecule has 1 aromatic carbocycles. The van der Waals surface area contributed by atoms with Crippen LogP contribution in [0.2, 0.25) is 0 Å². The summed E-state index contributed by atoms with van der Waals surface area (Å²) in [5, 5.41) is 3.98. The van der Waals surface area contributed by atoms with Gasteiger partial charge in [-0.25, -0.2) is 4.79 Å². The Hall–Kier alpha value is -3.03. The van der Waals surface area contributed by atoms with Crippen molar-refractivity contribution in [1.82, 2.24) is 20.1 Å². The number of ether oxygens (including phenoxy) is 1. The first-order valence-electron chi connectivity index (χ1n) is 10.1. The largest absolute Gasteiger partial charge is 0.450 e. The van der Waals surface area contributed by atoms with Gasteiger partial charge in [-0.3, -0.25) is 9.59 Å². The summed E-state index contributed by atoms with van der Waals surface area (Å²) in [6.45, 7) is 4.19. The number of aromatic amines is 1. The number of likely N-dealkylation sites (tertiary alicyclic amines) is 2. The third-order valence-electron chi connectivity index (χ3n) is 5.73. The highest BCUT2D eigenvalue weighted by Gasteiger charge is 2.37. The normalized spacial score (nSPS) is 17.8. The fourth-order valence-electron chi connectivity index (χ4n) is 3.97. The molecule has 2 aromatic rings. The van der Waals surface area contributed by atoms with Gasteiger partial charge in [0, 0.05) is 49.3 Å². The van der Waals surface area contributed by atoms with Crippen molar-refractivity contribution in [1.29, 1.82) is 0 Å². The lowest BCUT2D eigenvalue weighted by molar-refractivity contribution is -0.130. The van der Waals surface area contributed by atoms with Crippen molar-refractivity contribution in [3.05, 3.63) is 36.0 Å². The number of H-pyrrole nitrogens is 1. The molecular formula is C21H26N4O4. The van der Waals surface area contributed by atoms with Gasteiger partial charge in [0.15, 0.2) is 0 Å². The van der Waals surface area contributed by atoms with E-state index in [4.69, 9.17) is 4.74 Å². The molecule has 3 amide bonds. The maximum Gasteiger partial charge on any atom is 0.409 e. The highest BCUT2D eigenvalue weighted by atomic mass is 16.6. The molecule has 0 atom stereocenters. The van der Waals surface area contributed by atoms with Gasteiger partial charge in [-0.1, -0.05) is 18.2 Å². The van der Waals surface area contributed by atoms with Crippen molar-refractivity contribution in [2.75, 3.05) is 32.8 Å². The van der Waals surface area contributed by atoms with E-state index in [-0.39, 0.29) is 29.9 Å². The number of amides is 3. The predicted octanol–water partition coefficient (Wildman–Crippen LogP) is 1.98. The summed E-state index contributed by atoms with van der Waals surface area (Å²) in [7, 11) is 0. The number of para-hydroxylation sites is 1. The third kappa shape index (κ3) is 3.92. The molecule has 2 aliphatic heterocycles. The van der Waals surface area contributed by atoms with E-state index in [1.165, 1.54) is 0 Å². The summed E-state index contributed by atoms with van der Waals surface area (Å²) in [4.78, 5) is 43.5. The molecular weight excluding hydrogens is 372 g/mol. The SMILES string of the molecule is CCOC(=O)N1CCC(NC(=O)C2CN(C(=O)c3c[nH]c4ccccc34)C2)CC1. The summed E-state index contributed by atoms with van der Waals surface area (Å²) in [6.07, 6.45) is 2.88. The molecule has 4 rings (SSSR count). The molecule has 2 aliphatic rings. The van der Waals surface area contributed by atoms with Crippen LogP contribution in [0, 0.1) is 5.92 Å². The Morgan fingerprint density at radius 3 is 2.59 bits per heavy atom. The minimum Gasteiger partial charge on any atom is -0.450 e. The zero-order valence-electron chi connectivity index (χ0n) is 16.5. The maximum absolute atomic E-state index is 12.7. The van der Waals surface area contributed by atoms with Crippen LogP contribution < -0.4 is 5.32 Å². The second-order valence-corrected chi connectivity index (χ2v) is 7.62. The number of fused-ring (bicyclic) bond motifs is 1. The monoisotopic (exact) mass is 398 g/mol. The van der Waals surface area contributed by atoms with Crippen LogP contribution in [0.5, 0.6) is 0 Å². The van der Waals surface area contributed by atoms with Crippen LogP contribution in [0.15, 0.2) is 30.5 Å². The van der Waals surface area contributed by atoms with Gasteiger partial charge in [-0.2, -0.15) is 0 Å². The lowest BCUT2D eigenvalue weighted by atomic mass is 9.96. The van der Waals surface area contributed by atoms with Gasteiger partial charge >= 0.3 is 6.09 Å². The zero-order chi connectivity index (χ0) is 20.4. The van der Waals surface area contributed by atoms with Crippen LogP contribution >= 0.6 is 0 Å². The minimum absolute atomic E-state index is 0.0115. The van der Waals surface area contributed by atoms with Gasteiger partial charge in [0.25, 0.3) is 5.91 Å². The van der Waals surface area contributed by atoms with Gasteiger partial charge in [-0.15, -0.1) is 0 Å². The fraction of sp³-hybridized carbons (Fsp3) is 0.476. The summed E-state index contributed by atoms with van der Waals surface area (Å²) < 4.78 is 5.01. The van der Waals surface area contributed by atoms with E-state index in [0.717, 1.165) is 23.7 Å². The Morgan fingerprint density at radius 2 is 1.86 bits per heavy atom. The average Bonchev–Trinajstić information content (AvgIpc) is 3.11. The lowest BCUT2D eigenvalue weighted by Crippen LogP contribution is -2.57. The van der Waals surface area contributed by atoms with Crippen molar-refractivity contribution >= 4 is 28.8 Å². The third-order valence-corrected chi connectivity index (χ3v) is 5.73. The number of hydrogen-bond acceptors (Lipinski definition) is 4. The molecule has 0 unspecified atom stereocenters. The molecule has 0 radical (unpaired) electrons. The molecule has 8 nitrogen and oxygen atoms in total. The summed E-state index contributed by atoms with van der Waals surface area (Å²) in [6, 6.07) is 7.75. The molecule has 0 bridgehead atoms. The van der Waals surface area contributed by atoms with Gasteiger partial charge in [0.1, 0.15) is 0 Å². The number of piperidine rings is 1. The van der Waals surface area contributed by atoms with Crippen molar-refractivity contribution in [3.63, 3.8) is 0 Å². The zero-order valence-corrected chi connectivity index (χ0v) is 16.5. The van der Waals surface area contributed by atoms with Crippen LogP contribution in [0.3, 0.4) is 0 Å². The maximum atomic E-state index is 12.7. The van der Waals surface area contributed by atoms with Crippen LogP contribution in [-0.4, -0.2) is 71.5 Å². The number of nitrogens with zero attached hydrogens (tertiary/aromatic N) is 2. The van der Waals surface area contributed by atoms with E-state index in [1.54, 1.807) is 22.9 Å². The topological polar surface area (TPSA) is 94.7 Å². The number of hydrogen-bond donors (Lipinski definition) is 2. The molecule has 3 heterocycles. The van der Waals surface area contributed by atoms with E-state index in [0.29, 0.717) is 38.3 Å². The molecule has 2 N–H and O–H groups in total. The Kier molecular flexibility index (Phi) is 5.42. The number of nitrogens with one attached hydrogen (secondary N) is 2. The molecule has 154 valence electrons. The first-order valence-corrected chi connectivity index (χ1v) is 10.1. The number of carbonyl (C=O) groups is 3.